The fourth-order valence-corrected chi connectivity index (χ4v) is 2.44. The Bertz CT molecular complexity index is 253. The molecule has 1 fully saturated rings. The molecule has 0 bridgehead atoms. The summed E-state index contributed by atoms with van der Waals surface area (Å²) in [6.07, 6.45) is 3.91. The van der Waals surface area contributed by atoms with E-state index in [0.717, 1.165) is 45.3 Å². The van der Waals surface area contributed by atoms with Crippen LogP contribution in [-0.2, 0) is 4.79 Å². The Morgan fingerprint density at radius 1 is 1.53 bits per heavy atom. The lowest BCUT2D eigenvalue weighted by Gasteiger charge is -2.34. The molecule has 4 nitrogen and oxygen atoms in total. The summed E-state index contributed by atoms with van der Waals surface area (Å²) in [6, 6.07) is 0.274. The van der Waals surface area contributed by atoms with Crippen LogP contribution in [0.25, 0.3) is 0 Å². The van der Waals surface area contributed by atoms with E-state index in [-0.39, 0.29) is 11.9 Å². The van der Waals surface area contributed by atoms with Crippen LogP contribution in [0, 0.1) is 0 Å². The molecule has 1 aliphatic heterocycles. The maximum Gasteiger partial charge on any atom is 0.240 e. The molecule has 0 saturated carbocycles. The lowest BCUT2D eigenvalue weighted by Crippen LogP contribution is -2.57. The van der Waals surface area contributed by atoms with Crippen LogP contribution in [0.5, 0.6) is 0 Å². The van der Waals surface area contributed by atoms with Crippen LogP contribution in [0.15, 0.2) is 0 Å². The molecule has 3 N–H and O–H groups in total. The molecule has 100 valence electrons. The molecule has 1 rings (SSSR count). The number of nitrogens with one attached hydrogen (secondary N) is 1. The molecule has 0 aromatic rings. The van der Waals surface area contributed by atoms with Gasteiger partial charge in [0.2, 0.25) is 5.91 Å². The Morgan fingerprint density at radius 2 is 2.24 bits per heavy atom. The Morgan fingerprint density at radius 3 is 2.82 bits per heavy atom. The van der Waals surface area contributed by atoms with E-state index in [1.165, 1.54) is 0 Å². The Hall–Kier alpha value is -0.610. The van der Waals surface area contributed by atoms with E-state index in [2.05, 4.69) is 24.1 Å². The number of hydrogen-bond acceptors (Lipinski definition) is 3. The number of nitrogens with two attached hydrogens (primary N) is 1. The van der Waals surface area contributed by atoms with Crippen molar-refractivity contribution >= 4 is 5.91 Å². The van der Waals surface area contributed by atoms with Crippen molar-refractivity contribution in [3.05, 3.63) is 0 Å². The summed E-state index contributed by atoms with van der Waals surface area (Å²) in [5.74, 6) is 0.00213. The monoisotopic (exact) mass is 241 g/mol. The normalized spacial score (nSPS) is 25.3. The van der Waals surface area contributed by atoms with Gasteiger partial charge in [-0.05, 0) is 39.3 Å². The number of likely N-dealkylation sites (N-methyl/N-ethyl adjacent to an activating group) is 1. The molecule has 0 aromatic heterocycles. The third kappa shape index (κ3) is 4.28. The summed E-state index contributed by atoms with van der Waals surface area (Å²) in [7, 11) is 0. The quantitative estimate of drug-likeness (QED) is 0.758. The van der Waals surface area contributed by atoms with Crippen LogP contribution in [0.2, 0.25) is 0 Å². The fourth-order valence-electron chi connectivity index (χ4n) is 2.44. The first kappa shape index (κ1) is 14.5. The highest BCUT2D eigenvalue weighted by molar-refractivity contribution is 5.85. The van der Waals surface area contributed by atoms with Gasteiger partial charge in [-0.3, -0.25) is 4.79 Å². The second kappa shape index (κ2) is 6.36. The number of hydrogen-bond donors (Lipinski definition) is 2. The lowest BCUT2D eigenvalue weighted by atomic mass is 9.95. The van der Waals surface area contributed by atoms with Crippen molar-refractivity contribution in [1.82, 2.24) is 10.2 Å². The molecule has 1 heterocycles. The molecule has 0 radical (unpaired) electrons. The number of carbonyl (C=O) groups is 1. The summed E-state index contributed by atoms with van der Waals surface area (Å²) >= 11 is 0. The first-order chi connectivity index (χ1) is 7.99. The smallest absolute Gasteiger partial charge is 0.240 e. The summed E-state index contributed by atoms with van der Waals surface area (Å²) in [6.45, 7) is 9.21. The highest BCUT2D eigenvalue weighted by Crippen LogP contribution is 2.13. The lowest BCUT2D eigenvalue weighted by molar-refractivity contribution is -0.127. The topological polar surface area (TPSA) is 58.4 Å². The van der Waals surface area contributed by atoms with Crippen LogP contribution < -0.4 is 11.1 Å². The summed E-state index contributed by atoms with van der Waals surface area (Å²) in [4.78, 5) is 14.4. The molecule has 1 aliphatic rings. The van der Waals surface area contributed by atoms with Crippen LogP contribution >= 0.6 is 0 Å². The van der Waals surface area contributed by atoms with Gasteiger partial charge < -0.3 is 16.0 Å². The summed E-state index contributed by atoms with van der Waals surface area (Å²) in [5, 5.41) is 3.10. The zero-order valence-electron chi connectivity index (χ0n) is 11.5. The summed E-state index contributed by atoms with van der Waals surface area (Å²) in [5.41, 5.74) is 5.31. The SMILES string of the molecule is CCCC(C)(N)C(=O)NC1CCCN(CC)C1. The molecule has 1 saturated heterocycles. The Kier molecular flexibility index (Phi) is 5.40. The van der Waals surface area contributed by atoms with Gasteiger partial charge in [0.1, 0.15) is 0 Å². The Balaban J connectivity index is 2.45. The number of piperidine rings is 1. The van der Waals surface area contributed by atoms with Crippen LogP contribution in [0.4, 0.5) is 0 Å². The van der Waals surface area contributed by atoms with E-state index in [4.69, 9.17) is 5.73 Å². The molecule has 0 aromatic carbocycles. The van der Waals surface area contributed by atoms with Crippen molar-refractivity contribution in [3.8, 4) is 0 Å². The minimum atomic E-state index is -0.719. The molecule has 1 amide bonds. The van der Waals surface area contributed by atoms with Gasteiger partial charge in [0.05, 0.1) is 5.54 Å². The maximum absolute atomic E-state index is 12.1. The van der Waals surface area contributed by atoms with Gasteiger partial charge in [0.25, 0.3) is 0 Å². The number of amides is 1. The van der Waals surface area contributed by atoms with Crippen molar-refractivity contribution in [2.45, 2.75) is 58.0 Å². The van der Waals surface area contributed by atoms with E-state index in [0.29, 0.717) is 0 Å². The molecule has 2 atom stereocenters. The van der Waals surface area contributed by atoms with E-state index in [9.17, 15) is 4.79 Å². The molecular formula is C13H27N3O. The molecule has 17 heavy (non-hydrogen) atoms. The maximum atomic E-state index is 12.1. The molecule has 0 aliphatic carbocycles. The summed E-state index contributed by atoms with van der Waals surface area (Å²) < 4.78 is 0. The van der Waals surface area contributed by atoms with E-state index in [1.54, 1.807) is 0 Å². The standard InChI is InChI=1S/C13H27N3O/c1-4-8-13(3,14)12(17)15-11-7-6-9-16(5-2)10-11/h11H,4-10,14H2,1-3H3,(H,15,17). The van der Waals surface area contributed by atoms with Crippen molar-refractivity contribution in [2.75, 3.05) is 19.6 Å². The largest absolute Gasteiger partial charge is 0.350 e. The minimum absolute atomic E-state index is 0.00213. The molecule has 4 heteroatoms. The first-order valence-corrected chi connectivity index (χ1v) is 6.81. The molecule has 0 spiro atoms. The van der Waals surface area contributed by atoms with Crippen molar-refractivity contribution in [1.29, 1.82) is 0 Å². The van der Waals surface area contributed by atoms with Crippen molar-refractivity contribution in [2.24, 2.45) is 5.73 Å². The first-order valence-electron chi connectivity index (χ1n) is 6.81. The number of carbonyl (C=O) groups excluding carboxylic acids is 1. The van der Waals surface area contributed by atoms with Gasteiger partial charge in [-0.1, -0.05) is 20.3 Å². The Labute approximate surface area is 105 Å². The average Bonchev–Trinajstić information content (AvgIpc) is 2.29. The van der Waals surface area contributed by atoms with E-state index in [1.807, 2.05) is 6.92 Å². The van der Waals surface area contributed by atoms with Crippen LogP contribution in [0.3, 0.4) is 0 Å². The predicted molar refractivity (Wildman–Crippen MR) is 70.8 cm³/mol. The second-order valence-corrected chi connectivity index (χ2v) is 5.37. The highest BCUT2D eigenvalue weighted by Gasteiger charge is 2.30. The van der Waals surface area contributed by atoms with Gasteiger partial charge >= 0.3 is 0 Å². The van der Waals surface area contributed by atoms with Gasteiger partial charge in [0.15, 0.2) is 0 Å². The third-order valence-electron chi connectivity index (χ3n) is 3.58. The number of likely N-dealkylation sites (tertiary alicyclic amines) is 1. The van der Waals surface area contributed by atoms with Gasteiger partial charge in [-0.2, -0.15) is 0 Å². The highest BCUT2D eigenvalue weighted by atomic mass is 16.2. The minimum Gasteiger partial charge on any atom is -0.350 e. The van der Waals surface area contributed by atoms with Gasteiger partial charge in [-0.25, -0.2) is 0 Å². The zero-order chi connectivity index (χ0) is 12.9. The zero-order valence-corrected chi connectivity index (χ0v) is 11.5. The third-order valence-corrected chi connectivity index (χ3v) is 3.58. The van der Waals surface area contributed by atoms with Crippen LogP contribution in [0.1, 0.15) is 46.5 Å². The number of nitrogens with zero attached hydrogens (tertiary/aromatic N) is 1. The van der Waals surface area contributed by atoms with Crippen LogP contribution in [-0.4, -0.2) is 42.0 Å². The molecular weight excluding hydrogens is 214 g/mol. The van der Waals surface area contributed by atoms with Gasteiger partial charge in [0, 0.05) is 12.6 Å². The van der Waals surface area contributed by atoms with E-state index >= 15 is 0 Å². The van der Waals surface area contributed by atoms with Crippen molar-refractivity contribution in [3.63, 3.8) is 0 Å². The molecule has 2 unspecified atom stereocenters. The van der Waals surface area contributed by atoms with E-state index < -0.39 is 5.54 Å². The average molecular weight is 241 g/mol. The van der Waals surface area contributed by atoms with Crippen molar-refractivity contribution < 1.29 is 4.79 Å². The predicted octanol–water partition coefficient (Wildman–Crippen LogP) is 1.10. The fraction of sp³-hybridized carbons (Fsp3) is 0.923. The number of rotatable bonds is 5. The van der Waals surface area contributed by atoms with Gasteiger partial charge in [-0.15, -0.1) is 0 Å². The second-order valence-electron chi connectivity index (χ2n) is 5.37.